The summed E-state index contributed by atoms with van der Waals surface area (Å²) in [6, 6.07) is 0. The fourth-order valence-electron chi connectivity index (χ4n) is 11.2. The molecular formula is C39H72N2O3Si2. The first-order valence-electron chi connectivity index (χ1n) is 19.4. The molecule has 0 amide bonds. The summed E-state index contributed by atoms with van der Waals surface area (Å²) in [4.78, 5) is 0. The summed E-state index contributed by atoms with van der Waals surface area (Å²) in [5.74, 6) is 3.97. The standard InChI is InChI=1S/C39H72N2O3Si2/c1-25-17-20-39(42-24-25)26(2)34-32(43-39)22-31-29-16-15-27-21-28(44-46(13,14)36(6,7)8)18-19-37(27,9)30(29)23-33(38(31,34)10)40-41-45(11,12)35(3,4)5/h25-32,34,41H,15-24H2,1-14H3/b40-33+/t25-,26+,27+,28+,29-,30+,31+,32+,34+,37+,38-,39-/m1/s1. The predicted octanol–water partition coefficient (Wildman–Crippen LogP) is 10.4. The minimum Gasteiger partial charge on any atom is -0.414 e. The maximum Gasteiger partial charge on any atom is 0.192 e. The predicted molar refractivity (Wildman–Crippen MR) is 197 cm³/mol. The van der Waals surface area contributed by atoms with Gasteiger partial charge in [0.2, 0.25) is 0 Å². The summed E-state index contributed by atoms with van der Waals surface area (Å²) in [6.07, 6.45) is 11.8. The maximum atomic E-state index is 7.18. The largest absolute Gasteiger partial charge is 0.414 e. The van der Waals surface area contributed by atoms with Crippen molar-refractivity contribution in [2.75, 3.05) is 6.61 Å². The number of hydrogen-bond donors (Lipinski definition) is 1. The van der Waals surface area contributed by atoms with Crippen LogP contribution in [0.3, 0.4) is 0 Å². The SMILES string of the molecule is C[C@@H]1CC[C@@]2(OC1)O[C@H]1C[C@H]3[C@@H]4CC[C@H]5C[C@@H](O[Si](C)(C)C(C)(C)C)CC[C@]5(C)[C@H]4C/C(=N\N[Si](C)(C)C(C)(C)C)[C@]3(C)[C@H]1[C@@H]2C. The van der Waals surface area contributed by atoms with Gasteiger partial charge in [-0.2, -0.15) is 5.10 Å². The van der Waals surface area contributed by atoms with Crippen molar-refractivity contribution >= 4 is 22.3 Å². The van der Waals surface area contributed by atoms with Crippen molar-refractivity contribution in [1.82, 2.24) is 5.09 Å². The highest BCUT2D eigenvalue weighted by Gasteiger charge is 2.71. The van der Waals surface area contributed by atoms with Gasteiger partial charge in [0.15, 0.2) is 22.3 Å². The Morgan fingerprint density at radius 1 is 0.870 bits per heavy atom. The molecule has 0 aromatic carbocycles. The van der Waals surface area contributed by atoms with E-state index in [2.05, 4.69) is 101 Å². The topological polar surface area (TPSA) is 52.1 Å². The van der Waals surface area contributed by atoms with E-state index < -0.39 is 22.3 Å². The molecule has 6 aliphatic rings. The Hall–Kier alpha value is -0.216. The van der Waals surface area contributed by atoms with Crippen molar-refractivity contribution in [3.63, 3.8) is 0 Å². The number of nitrogens with zero attached hydrogens (tertiary/aromatic N) is 1. The summed E-state index contributed by atoms with van der Waals surface area (Å²) >= 11 is 0. The van der Waals surface area contributed by atoms with Gasteiger partial charge in [0, 0.05) is 35.5 Å². The number of nitrogens with one attached hydrogen (secondary N) is 1. The van der Waals surface area contributed by atoms with E-state index in [1.807, 2.05) is 0 Å². The lowest BCUT2D eigenvalue weighted by molar-refractivity contribution is -0.272. The van der Waals surface area contributed by atoms with Gasteiger partial charge >= 0.3 is 0 Å². The number of ether oxygens (including phenoxy) is 2. The highest BCUT2D eigenvalue weighted by Crippen LogP contribution is 2.70. The zero-order valence-electron chi connectivity index (χ0n) is 32.4. The van der Waals surface area contributed by atoms with Gasteiger partial charge in [0.1, 0.15) is 0 Å². The van der Waals surface area contributed by atoms with Crippen LogP contribution in [0.5, 0.6) is 0 Å². The summed E-state index contributed by atoms with van der Waals surface area (Å²) in [6.45, 7) is 35.1. The Labute approximate surface area is 285 Å². The van der Waals surface area contributed by atoms with Gasteiger partial charge in [0.05, 0.1) is 12.7 Å². The summed E-state index contributed by atoms with van der Waals surface area (Å²) in [5.41, 5.74) is 1.90. The van der Waals surface area contributed by atoms with Gasteiger partial charge < -0.3 is 19.0 Å². The van der Waals surface area contributed by atoms with Crippen molar-refractivity contribution in [2.24, 2.45) is 57.4 Å². The molecule has 6 fully saturated rings. The summed E-state index contributed by atoms with van der Waals surface area (Å²) in [7, 11) is -3.59. The van der Waals surface area contributed by atoms with E-state index in [0.717, 1.165) is 31.3 Å². The number of hydrogen-bond acceptors (Lipinski definition) is 5. The molecule has 0 unspecified atom stereocenters. The third-order valence-electron chi connectivity index (χ3n) is 16.4. The zero-order chi connectivity index (χ0) is 33.9. The Morgan fingerprint density at radius 2 is 1.57 bits per heavy atom. The van der Waals surface area contributed by atoms with Crippen molar-refractivity contribution in [1.29, 1.82) is 0 Å². The normalized spacial score (nSPS) is 47.3. The highest BCUT2D eigenvalue weighted by molar-refractivity contribution is 6.77. The molecule has 4 saturated carbocycles. The second-order valence-corrected chi connectivity index (χ2v) is 30.7. The molecule has 0 aromatic heterocycles. The van der Waals surface area contributed by atoms with Crippen molar-refractivity contribution < 1.29 is 13.9 Å². The van der Waals surface area contributed by atoms with E-state index >= 15 is 0 Å². The second-order valence-electron chi connectivity index (χ2n) is 20.9. The molecule has 1 spiro atoms. The lowest BCUT2D eigenvalue weighted by Gasteiger charge is -2.62. The van der Waals surface area contributed by atoms with Gasteiger partial charge in [-0.25, -0.2) is 0 Å². The number of hydrazone groups is 1. The van der Waals surface area contributed by atoms with Crippen LogP contribution in [0.4, 0.5) is 0 Å². The first-order valence-corrected chi connectivity index (χ1v) is 25.3. The zero-order valence-corrected chi connectivity index (χ0v) is 34.4. The average molecular weight is 673 g/mol. The molecule has 12 atom stereocenters. The molecule has 6 rings (SSSR count). The molecule has 7 heteroatoms. The lowest BCUT2D eigenvalue weighted by atomic mass is 9.44. The highest BCUT2D eigenvalue weighted by atomic mass is 28.4. The fourth-order valence-corrected chi connectivity index (χ4v) is 13.3. The second kappa shape index (κ2) is 11.4. The molecule has 264 valence electrons. The quantitative estimate of drug-likeness (QED) is 0.239. The van der Waals surface area contributed by atoms with Crippen LogP contribution in [0.25, 0.3) is 0 Å². The van der Waals surface area contributed by atoms with E-state index in [0.29, 0.717) is 41.1 Å². The van der Waals surface area contributed by atoms with Gasteiger partial charge in [-0.05, 0) is 123 Å². The van der Waals surface area contributed by atoms with E-state index in [1.54, 1.807) is 0 Å². The smallest absolute Gasteiger partial charge is 0.192 e. The summed E-state index contributed by atoms with van der Waals surface area (Å²) < 4.78 is 21.0. The number of fused-ring (bicyclic) bond motifs is 7. The molecule has 4 aliphatic carbocycles. The monoisotopic (exact) mass is 673 g/mol. The minimum absolute atomic E-state index is 0.0579. The molecule has 1 N–H and O–H groups in total. The van der Waals surface area contributed by atoms with Crippen molar-refractivity contribution in [3.05, 3.63) is 0 Å². The van der Waals surface area contributed by atoms with Crippen LogP contribution in [0.1, 0.15) is 127 Å². The van der Waals surface area contributed by atoms with Crippen molar-refractivity contribution in [2.45, 2.75) is 181 Å². The molecule has 5 nitrogen and oxygen atoms in total. The van der Waals surface area contributed by atoms with Gasteiger partial charge in [-0.3, -0.25) is 0 Å². The van der Waals surface area contributed by atoms with Gasteiger partial charge in [0.25, 0.3) is 0 Å². The number of rotatable bonds is 4. The molecule has 2 heterocycles. The first kappa shape index (κ1) is 35.6. The minimum atomic E-state index is -1.81. The Morgan fingerprint density at radius 3 is 2.17 bits per heavy atom. The molecule has 0 radical (unpaired) electrons. The van der Waals surface area contributed by atoms with Gasteiger partial charge in [-0.15, -0.1) is 0 Å². The molecular weight excluding hydrogens is 601 g/mol. The summed E-state index contributed by atoms with van der Waals surface area (Å²) in [5, 5.41) is 10.1. The first-order chi connectivity index (χ1) is 21.1. The van der Waals surface area contributed by atoms with E-state index in [1.165, 1.54) is 50.7 Å². The Balaban J connectivity index is 1.32. The van der Waals surface area contributed by atoms with Crippen LogP contribution in [-0.2, 0) is 13.9 Å². The van der Waals surface area contributed by atoms with Gasteiger partial charge in [-0.1, -0.05) is 69.2 Å². The van der Waals surface area contributed by atoms with Crippen LogP contribution in [0.2, 0.25) is 36.3 Å². The van der Waals surface area contributed by atoms with E-state index in [4.69, 9.17) is 19.0 Å². The van der Waals surface area contributed by atoms with Crippen LogP contribution in [0.15, 0.2) is 5.10 Å². The maximum absolute atomic E-state index is 7.18. The fraction of sp³-hybridized carbons (Fsp3) is 0.974. The Kier molecular flexibility index (Phi) is 8.82. The molecule has 2 saturated heterocycles. The van der Waals surface area contributed by atoms with Crippen LogP contribution in [-0.4, -0.2) is 46.9 Å². The average Bonchev–Trinajstić information content (AvgIpc) is 3.38. The lowest BCUT2D eigenvalue weighted by Crippen LogP contribution is -2.59. The molecule has 0 bridgehead atoms. The van der Waals surface area contributed by atoms with E-state index in [-0.39, 0.29) is 21.6 Å². The van der Waals surface area contributed by atoms with Crippen LogP contribution in [0, 0.1) is 52.3 Å². The van der Waals surface area contributed by atoms with E-state index in [9.17, 15) is 0 Å². The van der Waals surface area contributed by atoms with Crippen molar-refractivity contribution in [3.8, 4) is 0 Å². The third-order valence-corrected chi connectivity index (χ3v) is 25.3. The van der Waals surface area contributed by atoms with Crippen LogP contribution >= 0.6 is 0 Å². The molecule has 2 aliphatic heterocycles. The van der Waals surface area contributed by atoms with Crippen LogP contribution < -0.4 is 5.09 Å². The Bertz CT molecular complexity index is 1180. The molecule has 0 aromatic rings. The molecule has 46 heavy (non-hydrogen) atoms. The third kappa shape index (κ3) is 5.49.